The van der Waals surface area contributed by atoms with E-state index in [9.17, 15) is 9.59 Å². The van der Waals surface area contributed by atoms with Crippen LogP contribution in [-0.4, -0.2) is 55.6 Å². The fraction of sp³-hybridized carbons (Fsp3) is 0.846. The molecule has 1 unspecified atom stereocenters. The molecule has 0 bridgehead atoms. The molecule has 0 aromatic rings. The first-order valence-corrected chi connectivity index (χ1v) is 6.99. The Labute approximate surface area is 113 Å². The molecule has 6 nitrogen and oxygen atoms in total. The zero-order valence-electron chi connectivity index (χ0n) is 11.5. The van der Waals surface area contributed by atoms with Crippen molar-refractivity contribution in [3.05, 3.63) is 0 Å². The number of rotatable bonds is 3. The molecule has 0 saturated carbocycles. The lowest BCUT2D eigenvalue weighted by Crippen LogP contribution is -2.59. The van der Waals surface area contributed by atoms with Gasteiger partial charge in [-0.2, -0.15) is 0 Å². The van der Waals surface area contributed by atoms with Crippen LogP contribution in [0.25, 0.3) is 0 Å². The Bertz CT molecular complexity index is 353. The average Bonchev–Trinajstić information content (AvgIpc) is 2.47. The van der Waals surface area contributed by atoms with Crippen molar-refractivity contribution in [1.82, 2.24) is 10.2 Å². The number of hydrogen-bond donors (Lipinski definition) is 2. The molecule has 3 N–H and O–H groups in total. The van der Waals surface area contributed by atoms with E-state index in [1.165, 1.54) is 0 Å². The predicted octanol–water partition coefficient (Wildman–Crippen LogP) is -0.521. The lowest BCUT2D eigenvalue weighted by Gasteiger charge is -2.43. The van der Waals surface area contributed by atoms with Crippen molar-refractivity contribution >= 4 is 11.8 Å². The van der Waals surface area contributed by atoms with E-state index in [4.69, 9.17) is 10.5 Å². The van der Waals surface area contributed by atoms with Gasteiger partial charge in [-0.3, -0.25) is 9.59 Å². The summed E-state index contributed by atoms with van der Waals surface area (Å²) in [4.78, 5) is 26.0. The van der Waals surface area contributed by atoms with Crippen molar-refractivity contribution < 1.29 is 14.3 Å². The minimum atomic E-state index is -0.612. The lowest BCUT2D eigenvalue weighted by molar-refractivity contribution is -0.157. The summed E-state index contributed by atoms with van der Waals surface area (Å²) in [6, 6.07) is -0.612. The maximum absolute atomic E-state index is 12.9. The molecule has 0 radical (unpaired) electrons. The van der Waals surface area contributed by atoms with E-state index in [0.29, 0.717) is 13.2 Å². The summed E-state index contributed by atoms with van der Waals surface area (Å²) in [5.74, 6) is -0.406. The van der Waals surface area contributed by atoms with Crippen molar-refractivity contribution in [3.8, 4) is 0 Å². The average molecular weight is 269 g/mol. The number of carbonyl (C=O) groups is 2. The maximum atomic E-state index is 12.9. The van der Waals surface area contributed by atoms with Gasteiger partial charge in [0.15, 0.2) is 0 Å². The van der Waals surface area contributed by atoms with Gasteiger partial charge < -0.3 is 20.7 Å². The minimum absolute atomic E-state index is 0.0728. The molecule has 0 aromatic heterocycles. The summed E-state index contributed by atoms with van der Waals surface area (Å²) in [6.07, 6.45) is 2.45. The van der Waals surface area contributed by atoms with Gasteiger partial charge in [0, 0.05) is 6.54 Å². The summed E-state index contributed by atoms with van der Waals surface area (Å²) in [7, 11) is 0. The molecule has 1 atom stereocenters. The monoisotopic (exact) mass is 269 g/mol. The van der Waals surface area contributed by atoms with E-state index >= 15 is 0 Å². The highest BCUT2D eigenvalue weighted by molar-refractivity contribution is 5.89. The van der Waals surface area contributed by atoms with Crippen molar-refractivity contribution in [2.45, 2.75) is 32.2 Å². The standard InChI is InChI=1S/C13H23N3O3/c1-2-13(3-5-15-6-4-13)12(18)16-7-8-19-9-10(16)11(14)17/h10,15H,2-9H2,1H3,(H2,14,17). The molecule has 2 aliphatic rings. The van der Waals surface area contributed by atoms with Gasteiger partial charge in [0.25, 0.3) is 0 Å². The van der Waals surface area contributed by atoms with Crippen LogP contribution in [0.5, 0.6) is 0 Å². The van der Waals surface area contributed by atoms with E-state index in [1.54, 1.807) is 4.90 Å². The van der Waals surface area contributed by atoms with Crippen LogP contribution < -0.4 is 11.1 Å². The molecule has 2 heterocycles. The summed E-state index contributed by atoms with van der Waals surface area (Å²) in [5, 5.41) is 3.28. The molecule has 2 amide bonds. The number of morpholine rings is 1. The van der Waals surface area contributed by atoms with E-state index in [2.05, 4.69) is 5.32 Å². The molecular weight excluding hydrogens is 246 g/mol. The summed E-state index contributed by atoms with van der Waals surface area (Å²) in [5.41, 5.74) is 5.05. The third-order valence-electron chi connectivity index (χ3n) is 4.41. The molecule has 6 heteroatoms. The van der Waals surface area contributed by atoms with Crippen LogP contribution in [-0.2, 0) is 14.3 Å². The van der Waals surface area contributed by atoms with Gasteiger partial charge in [-0.15, -0.1) is 0 Å². The van der Waals surface area contributed by atoms with Crippen molar-refractivity contribution in [3.63, 3.8) is 0 Å². The first-order chi connectivity index (χ1) is 9.10. The fourth-order valence-corrected chi connectivity index (χ4v) is 3.01. The Balaban J connectivity index is 2.17. The third-order valence-corrected chi connectivity index (χ3v) is 4.41. The van der Waals surface area contributed by atoms with Gasteiger partial charge in [0.2, 0.25) is 11.8 Å². The van der Waals surface area contributed by atoms with Gasteiger partial charge >= 0.3 is 0 Å². The number of hydrogen-bond acceptors (Lipinski definition) is 4. The van der Waals surface area contributed by atoms with Crippen LogP contribution in [0, 0.1) is 5.41 Å². The summed E-state index contributed by atoms with van der Waals surface area (Å²) >= 11 is 0. The highest BCUT2D eigenvalue weighted by atomic mass is 16.5. The Hall–Kier alpha value is -1.14. The quantitative estimate of drug-likeness (QED) is 0.722. The number of primary amides is 1. The van der Waals surface area contributed by atoms with Crippen molar-refractivity contribution in [1.29, 1.82) is 0 Å². The van der Waals surface area contributed by atoms with Crippen LogP contribution in [0.15, 0.2) is 0 Å². The molecule has 2 aliphatic heterocycles. The SMILES string of the molecule is CCC1(C(=O)N2CCOCC2C(N)=O)CCNCC1. The number of carbonyl (C=O) groups excluding carboxylic acids is 2. The molecule has 0 aromatic carbocycles. The predicted molar refractivity (Wildman–Crippen MR) is 70.3 cm³/mol. The van der Waals surface area contributed by atoms with E-state index in [0.717, 1.165) is 32.4 Å². The van der Waals surface area contributed by atoms with Crippen LogP contribution in [0.4, 0.5) is 0 Å². The zero-order chi connectivity index (χ0) is 13.9. The van der Waals surface area contributed by atoms with Crippen molar-refractivity contribution in [2.75, 3.05) is 32.8 Å². The smallest absolute Gasteiger partial charge is 0.242 e. The van der Waals surface area contributed by atoms with E-state index < -0.39 is 11.9 Å². The first kappa shape index (κ1) is 14.3. The van der Waals surface area contributed by atoms with E-state index in [1.807, 2.05) is 6.92 Å². The van der Waals surface area contributed by atoms with Crippen molar-refractivity contribution in [2.24, 2.45) is 11.1 Å². The second-order valence-corrected chi connectivity index (χ2v) is 5.38. The Morgan fingerprint density at radius 2 is 2.11 bits per heavy atom. The lowest BCUT2D eigenvalue weighted by atomic mass is 9.75. The number of nitrogens with zero attached hydrogens (tertiary/aromatic N) is 1. The topological polar surface area (TPSA) is 84.7 Å². The molecule has 2 saturated heterocycles. The molecular formula is C13H23N3O3. The number of piperidine rings is 1. The third kappa shape index (κ3) is 2.74. The number of amides is 2. The molecule has 2 fully saturated rings. The Kier molecular flexibility index (Phi) is 4.42. The van der Waals surface area contributed by atoms with Gasteiger partial charge in [0.1, 0.15) is 6.04 Å². The second-order valence-electron chi connectivity index (χ2n) is 5.38. The zero-order valence-corrected chi connectivity index (χ0v) is 11.5. The molecule has 108 valence electrons. The number of nitrogens with two attached hydrogens (primary N) is 1. The van der Waals surface area contributed by atoms with Crippen LogP contribution in [0.3, 0.4) is 0 Å². The molecule has 19 heavy (non-hydrogen) atoms. The van der Waals surface area contributed by atoms with Gasteiger partial charge in [-0.05, 0) is 32.4 Å². The summed E-state index contributed by atoms with van der Waals surface area (Å²) < 4.78 is 5.27. The number of ether oxygens (including phenoxy) is 1. The largest absolute Gasteiger partial charge is 0.377 e. The normalized spacial score (nSPS) is 27.0. The fourth-order valence-electron chi connectivity index (χ4n) is 3.01. The second kappa shape index (κ2) is 5.88. The van der Waals surface area contributed by atoms with Gasteiger partial charge in [0.05, 0.1) is 18.6 Å². The molecule has 0 spiro atoms. The van der Waals surface area contributed by atoms with Crippen LogP contribution in [0.2, 0.25) is 0 Å². The molecule has 2 rings (SSSR count). The van der Waals surface area contributed by atoms with Crippen LogP contribution >= 0.6 is 0 Å². The summed E-state index contributed by atoms with van der Waals surface area (Å²) in [6.45, 7) is 4.91. The highest BCUT2D eigenvalue weighted by Gasteiger charge is 2.44. The molecule has 0 aliphatic carbocycles. The number of nitrogens with one attached hydrogen (secondary N) is 1. The van der Waals surface area contributed by atoms with E-state index in [-0.39, 0.29) is 17.9 Å². The maximum Gasteiger partial charge on any atom is 0.242 e. The van der Waals surface area contributed by atoms with Gasteiger partial charge in [-0.25, -0.2) is 0 Å². The minimum Gasteiger partial charge on any atom is -0.377 e. The first-order valence-electron chi connectivity index (χ1n) is 6.99. The Morgan fingerprint density at radius 1 is 1.42 bits per heavy atom. The highest BCUT2D eigenvalue weighted by Crippen LogP contribution is 2.35. The Morgan fingerprint density at radius 3 is 2.68 bits per heavy atom. The van der Waals surface area contributed by atoms with Crippen LogP contribution in [0.1, 0.15) is 26.2 Å². The van der Waals surface area contributed by atoms with Gasteiger partial charge in [-0.1, -0.05) is 6.92 Å².